The number of methoxy groups -OCH3 is 1. The standard InChI is InChI=1S/C16H19N3O/c1-20-13-8-6-12(7-9-13)10-17-16-14-4-2-3-5-15(14)18-11-19-16/h6-9,11H,2-5,10H2,1H3,(H,17,18,19). The minimum atomic E-state index is 0.771. The summed E-state index contributed by atoms with van der Waals surface area (Å²) < 4.78 is 5.17. The average molecular weight is 269 g/mol. The summed E-state index contributed by atoms with van der Waals surface area (Å²) in [6, 6.07) is 8.10. The number of benzene rings is 1. The Hall–Kier alpha value is -2.10. The van der Waals surface area contributed by atoms with Gasteiger partial charge in [-0.25, -0.2) is 9.97 Å². The zero-order valence-corrected chi connectivity index (χ0v) is 11.7. The highest BCUT2D eigenvalue weighted by molar-refractivity contribution is 5.47. The zero-order chi connectivity index (χ0) is 13.8. The molecule has 1 aliphatic rings. The Kier molecular flexibility index (Phi) is 3.81. The Morgan fingerprint density at radius 3 is 2.70 bits per heavy atom. The summed E-state index contributed by atoms with van der Waals surface area (Å²) in [7, 11) is 1.68. The van der Waals surface area contributed by atoms with Gasteiger partial charge in [0.1, 0.15) is 17.9 Å². The molecule has 3 rings (SSSR count). The number of aromatic nitrogens is 2. The van der Waals surface area contributed by atoms with E-state index in [1.165, 1.54) is 29.7 Å². The molecule has 104 valence electrons. The third-order valence-corrected chi connectivity index (χ3v) is 3.74. The first kappa shape index (κ1) is 12.9. The fourth-order valence-corrected chi connectivity index (χ4v) is 2.60. The van der Waals surface area contributed by atoms with Crippen molar-refractivity contribution < 1.29 is 4.74 Å². The first-order valence-corrected chi connectivity index (χ1v) is 7.06. The molecule has 4 heteroatoms. The molecular weight excluding hydrogens is 250 g/mol. The van der Waals surface area contributed by atoms with Crippen LogP contribution in [-0.2, 0) is 19.4 Å². The van der Waals surface area contributed by atoms with Crippen LogP contribution in [-0.4, -0.2) is 17.1 Å². The second-order valence-electron chi connectivity index (χ2n) is 5.06. The summed E-state index contributed by atoms with van der Waals surface area (Å²) in [4.78, 5) is 8.78. The molecule has 0 unspecified atom stereocenters. The molecule has 1 N–H and O–H groups in total. The monoisotopic (exact) mass is 269 g/mol. The van der Waals surface area contributed by atoms with Crippen LogP contribution < -0.4 is 10.1 Å². The number of ether oxygens (including phenoxy) is 1. The maximum Gasteiger partial charge on any atom is 0.133 e. The fraction of sp³-hybridized carbons (Fsp3) is 0.375. The lowest BCUT2D eigenvalue weighted by atomic mass is 9.96. The normalized spacial score (nSPS) is 13.7. The number of hydrogen-bond acceptors (Lipinski definition) is 4. The third-order valence-electron chi connectivity index (χ3n) is 3.74. The molecule has 2 aromatic rings. The van der Waals surface area contributed by atoms with E-state index in [4.69, 9.17) is 4.74 Å². The molecule has 0 amide bonds. The molecule has 0 saturated heterocycles. The lowest BCUT2D eigenvalue weighted by Gasteiger charge is -2.18. The van der Waals surface area contributed by atoms with E-state index in [0.717, 1.165) is 31.0 Å². The third kappa shape index (κ3) is 2.74. The fourth-order valence-electron chi connectivity index (χ4n) is 2.60. The van der Waals surface area contributed by atoms with Crippen molar-refractivity contribution in [1.82, 2.24) is 9.97 Å². The van der Waals surface area contributed by atoms with E-state index in [1.54, 1.807) is 13.4 Å². The molecule has 0 aliphatic heterocycles. The Labute approximate surface area is 119 Å². The van der Waals surface area contributed by atoms with Crippen LogP contribution in [0, 0.1) is 0 Å². The van der Waals surface area contributed by atoms with Crippen molar-refractivity contribution in [3.05, 3.63) is 47.4 Å². The van der Waals surface area contributed by atoms with Crippen molar-refractivity contribution in [3.63, 3.8) is 0 Å². The van der Waals surface area contributed by atoms with Crippen molar-refractivity contribution in [2.24, 2.45) is 0 Å². The van der Waals surface area contributed by atoms with Crippen LogP contribution in [0.15, 0.2) is 30.6 Å². The molecule has 1 aliphatic carbocycles. The Balaban J connectivity index is 1.71. The van der Waals surface area contributed by atoms with Gasteiger partial charge in [0.2, 0.25) is 0 Å². The van der Waals surface area contributed by atoms with Gasteiger partial charge in [0.05, 0.1) is 7.11 Å². The van der Waals surface area contributed by atoms with E-state index in [9.17, 15) is 0 Å². The van der Waals surface area contributed by atoms with Crippen molar-refractivity contribution in [1.29, 1.82) is 0 Å². The van der Waals surface area contributed by atoms with Gasteiger partial charge < -0.3 is 10.1 Å². The average Bonchev–Trinajstić information content (AvgIpc) is 2.53. The Morgan fingerprint density at radius 2 is 1.90 bits per heavy atom. The van der Waals surface area contributed by atoms with Crippen LogP contribution in [0.5, 0.6) is 5.75 Å². The van der Waals surface area contributed by atoms with Gasteiger partial charge >= 0.3 is 0 Å². The van der Waals surface area contributed by atoms with Crippen LogP contribution in [0.3, 0.4) is 0 Å². The predicted octanol–water partition coefficient (Wildman–Crippen LogP) is 2.98. The summed E-state index contributed by atoms with van der Waals surface area (Å²) in [6.45, 7) is 0.771. The van der Waals surface area contributed by atoms with Gasteiger partial charge in [-0.1, -0.05) is 12.1 Å². The number of nitrogens with zero attached hydrogens (tertiary/aromatic N) is 2. The molecule has 1 heterocycles. The molecule has 4 nitrogen and oxygen atoms in total. The van der Waals surface area contributed by atoms with Crippen LogP contribution in [0.2, 0.25) is 0 Å². The number of hydrogen-bond donors (Lipinski definition) is 1. The van der Waals surface area contributed by atoms with Crippen LogP contribution in [0.25, 0.3) is 0 Å². The molecule has 0 bridgehead atoms. The smallest absolute Gasteiger partial charge is 0.133 e. The number of aryl methyl sites for hydroxylation is 1. The number of nitrogens with one attached hydrogen (secondary N) is 1. The van der Waals surface area contributed by atoms with E-state index in [1.807, 2.05) is 12.1 Å². The van der Waals surface area contributed by atoms with Crippen molar-refractivity contribution in [3.8, 4) is 5.75 Å². The molecule has 0 radical (unpaired) electrons. The van der Waals surface area contributed by atoms with Gasteiger partial charge in [0.25, 0.3) is 0 Å². The summed E-state index contributed by atoms with van der Waals surface area (Å²) in [6.07, 6.45) is 6.30. The quantitative estimate of drug-likeness (QED) is 0.927. The molecule has 0 saturated carbocycles. The van der Waals surface area contributed by atoms with Crippen LogP contribution >= 0.6 is 0 Å². The maximum absolute atomic E-state index is 5.17. The van der Waals surface area contributed by atoms with Gasteiger partial charge in [-0.2, -0.15) is 0 Å². The zero-order valence-electron chi connectivity index (χ0n) is 11.7. The van der Waals surface area contributed by atoms with E-state index in [2.05, 4.69) is 27.4 Å². The van der Waals surface area contributed by atoms with E-state index in [-0.39, 0.29) is 0 Å². The van der Waals surface area contributed by atoms with Crippen molar-refractivity contribution in [2.75, 3.05) is 12.4 Å². The minimum absolute atomic E-state index is 0.771. The van der Waals surface area contributed by atoms with Gasteiger partial charge in [0, 0.05) is 17.8 Å². The summed E-state index contributed by atoms with van der Waals surface area (Å²) in [5.74, 6) is 1.87. The molecule has 1 aromatic heterocycles. The van der Waals surface area contributed by atoms with Gasteiger partial charge in [-0.15, -0.1) is 0 Å². The number of rotatable bonds is 4. The van der Waals surface area contributed by atoms with Crippen LogP contribution in [0.4, 0.5) is 5.82 Å². The van der Waals surface area contributed by atoms with Gasteiger partial charge in [-0.3, -0.25) is 0 Å². The van der Waals surface area contributed by atoms with Gasteiger partial charge in [-0.05, 0) is 43.4 Å². The highest BCUT2D eigenvalue weighted by atomic mass is 16.5. The largest absolute Gasteiger partial charge is 0.497 e. The SMILES string of the molecule is COc1ccc(CNc2ncnc3c2CCCC3)cc1. The topological polar surface area (TPSA) is 47.0 Å². The summed E-state index contributed by atoms with van der Waals surface area (Å²) in [5.41, 5.74) is 3.73. The van der Waals surface area contributed by atoms with Crippen molar-refractivity contribution >= 4 is 5.82 Å². The Morgan fingerprint density at radius 1 is 1.10 bits per heavy atom. The molecule has 20 heavy (non-hydrogen) atoms. The summed E-state index contributed by atoms with van der Waals surface area (Å²) in [5, 5.41) is 3.43. The lowest BCUT2D eigenvalue weighted by molar-refractivity contribution is 0.414. The highest BCUT2D eigenvalue weighted by Gasteiger charge is 2.14. The van der Waals surface area contributed by atoms with Crippen molar-refractivity contribution in [2.45, 2.75) is 32.2 Å². The van der Waals surface area contributed by atoms with E-state index in [0.29, 0.717) is 0 Å². The predicted molar refractivity (Wildman–Crippen MR) is 79.0 cm³/mol. The first-order chi connectivity index (χ1) is 9.86. The minimum Gasteiger partial charge on any atom is -0.497 e. The molecule has 0 spiro atoms. The number of anilines is 1. The molecule has 1 aromatic carbocycles. The van der Waals surface area contributed by atoms with E-state index >= 15 is 0 Å². The van der Waals surface area contributed by atoms with E-state index < -0.39 is 0 Å². The maximum atomic E-state index is 5.17. The molecule has 0 fully saturated rings. The molecular formula is C16H19N3O. The Bertz CT molecular complexity index is 581. The van der Waals surface area contributed by atoms with Gasteiger partial charge in [0.15, 0.2) is 0 Å². The van der Waals surface area contributed by atoms with Crippen LogP contribution in [0.1, 0.15) is 29.7 Å². The summed E-state index contributed by atoms with van der Waals surface area (Å²) >= 11 is 0. The second kappa shape index (κ2) is 5.90. The number of fused-ring (bicyclic) bond motifs is 1. The second-order valence-corrected chi connectivity index (χ2v) is 5.06. The molecule has 0 atom stereocenters. The first-order valence-electron chi connectivity index (χ1n) is 7.06. The lowest BCUT2D eigenvalue weighted by Crippen LogP contribution is -2.12. The highest BCUT2D eigenvalue weighted by Crippen LogP contribution is 2.24.